The molecular formula is C12H15FN2. The van der Waals surface area contributed by atoms with Gasteiger partial charge in [0.2, 0.25) is 0 Å². The minimum Gasteiger partial charge on any atom is -0.282 e. The van der Waals surface area contributed by atoms with Gasteiger partial charge in [-0.1, -0.05) is 20.8 Å². The molecular weight excluding hydrogens is 191 g/mol. The minimum absolute atomic E-state index is 0.0537. The van der Waals surface area contributed by atoms with Gasteiger partial charge < -0.3 is 0 Å². The number of aromatic amines is 1. The van der Waals surface area contributed by atoms with Crippen LogP contribution in [0, 0.1) is 12.7 Å². The van der Waals surface area contributed by atoms with E-state index in [-0.39, 0.29) is 11.2 Å². The molecule has 0 unspecified atom stereocenters. The van der Waals surface area contributed by atoms with Crippen LogP contribution in [0.2, 0.25) is 0 Å². The Hall–Kier alpha value is -1.38. The van der Waals surface area contributed by atoms with Crippen LogP contribution in [0.25, 0.3) is 10.9 Å². The molecule has 0 aliphatic rings. The highest BCUT2D eigenvalue weighted by Crippen LogP contribution is 2.28. The molecule has 0 bridgehead atoms. The number of rotatable bonds is 0. The highest BCUT2D eigenvalue weighted by Gasteiger charge is 2.17. The van der Waals surface area contributed by atoms with Gasteiger partial charge in [0.05, 0.1) is 10.9 Å². The molecule has 0 saturated heterocycles. The van der Waals surface area contributed by atoms with Crippen molar-refractivity contribution >= 4 is 10.9 Å². The van der Waals surface area contributed by atoms with Gasteiger partial charge in [-0.05, 0) is 30.0 Å². The van der Waals surface area contributed by atoms with E-state index in [1.807, 2.05) is 13.0 Å². The first-order valence-electron chi connectivity index (χ1n) is 5.04. The lowest BCUT2D eigenvalue weighted by Gasteiger charge is -2.18. The van der Waals surface area contributed by atoms with Gasteiger partial charge in [0.25, 0.3) is 0 Å². The summed E-state index contributed by atoms with van der Waals surface area (Å²) in [5.74, 6) is -0.191. The molecule has 1 aromatic carbocycles. The Balaban J connectivity index is 2.74. The van der Waals surface area contributed by atoms with Gasteiger partial charge in [-0.2, -0.15) is 5.10 Å². The van der Waals surface area contributed by atoms with Crippen LogP contribution < -0.4 is 0 Å². The highest BCUT2D eigenvalue weighted by molar-refractivity contribution is 5.82. The molecule has 0 aliphatic carbocycles. The average molecular weight is 206 g/mol. The van der Waals surface area contributed by atoms with Crippen LogP contribution >= 0.6 is 0 Å². The molecule has 2 nitrogen and oxygen atoms in total. The highest BCUT2D eigenvalue weighted by atomic mass is 19.1. The number of nitrogens with zero attached hydrogens (tertiary/aromatic N) is 1. The quantitative estimate of drug-likeness (QED) is 0.703. The minimum atomic E-state index is -0.191. The Kier molecular flexibility index (Phi) is 2.07. The SMILES string of the molecule is Cc1[nH]nc2cc(C(C)(C)C)cc(F)c12. The average Bonchev–Trinajstić information content (AvgIpc) is 2.46. The largest absolute Gasteiger partial charge is 0.282 e. The van der Waals surface area contributed by atoms with E-state index in [0.29, 0.717) is 10.9 Å². The zero-order chi connectivity index (χ0) is 11.2. The Labute approximate surface area is 88.5 Å². The zero-order valence-corrected chi connectivity index (χ0v) is 9.48. The van der Waals surface area contributed by atoms with Gasteiger partial charge in [0.15, 0.2) is 0 Å². The van der Waals surface area contributed by atoms with Gasteiger partial charge in [-0.3, -0.25) is 5.10 Å². The molecule has 0 aliphatic heterocycles. The number of H-pyrrole nitrogens is 1. The first-order valence-corrected chi connectivity index (χ1v) is 5.04. The van der Waals surface area contributed by atoms with Crippen molar-refractivity contribution in [3.8, 4) is 0 Å². The van der Waals surface area contributed by atoms with Crippen molar-refractivity contribution in [2.24, 2.45) is 0 Å². The van der Waals surface area contributed by atoms with Crippen molar-refractivity contribution in [1.82, 2.24) is 10.2 Å². The van der Waals surface area contributed by atoms with Crippen LogP contribution in [-0.2, 0) is 5.41 Å². The number of aryl methyl sites for hydroxylation is 1. The van der Waals surface area contributed by atoms with E-state index in [0.717, 1.165) is 11.3 Å². The van der Waals surface area contributed by atoms with E-state index in [4.69, 9.17) is 0 Å². The summed E-state index contributed by atoms with van der Waals surface area (Å²) in [6, 6.07) is 3.55. The van der Waals surface area contributed by atoms with Gasteiger partial charge in [-0.15, -0.1) is 0 Å². The van der Waals surface area contributed by atoms with Crippen LogP contribution in [0.1, 0.15) is 32.0 Å². The molecule has 80 valence electrons. The molecule has 0 radical (unpaired) electrons. The second-order valence-electron chi connectivity index (χ2n) is 4.95. The molecule has 2 rings (SSSR count). The molecule has 1 N–H and O–H groups in total. The standard InChI is InChI=1S/C12H15FN2/c1-7-11-9(13)5-8(12(2,3)4)6-10(11)15-14-7/h5-6H,1-4H3,(H,14,15). The van der Waals surface area contributed by atoms with Crippen LogP contribution in [0.15, 0.2) is 12.1 Å². The van der Waals surface area contributed by atoms with E-state index in [1.54, 1.807) is 6.07 Å². The topological polar surface area (TPSA) is 28.7 Å². The molecule has 1 heterocycles. The fourth-order valence-corrected chi connectivity index (χ4v) is 1.68. The summed E-state index contributed by atoms with van der Waals surface area (Å²) in [5.41, 5.74) is 2.40. The Bertz CT molecular complexity index is 506. The summed E-state index contributed by atoms with van der Waals surface area (Å²) < 4.78 is 13.8. The number of halogens is 1. The second-order valence-corrected chi connectivity index (χ2v) is 4.95. The predicted octanol–water partition coefficient (Wildman–Crippen LogP) is 3.31. The number of fused-ring (bicyclic) bond motifs is 1. The maximum Gasteiger partial charge on any atom is 0.134 e. The summed E-state index contributed by atoms with van der Waals surface area (Å²) in [5, 5.41) is 7.49. The maximum atomic E-state index is 13.8. The lowest BCUT2D eigenvalue weighted by atomic mass is 9.86. The summed E-state index contributed by atoms with van der Waals surface area (Å²) in [7, 11) is 0. The third-order valence-electron chi connectivity index (χ3n) is 2.65. The summed E-state index contributed by atoms with van der Waals surface area (Å²) in [6.45, 7) is 8.02. The number of benzene rings is 1. The van der Waals surface area contributed by atoms with E-state index in [1.165, 1.54) is 0 Å². The van der Waals surface area contributed by atoms with Crippen molar-refractivity contribution < 1.29 is 4.39 Å². The van der Waals surface area contributed by atoms with Crippen molar-refractivity contribution in [2.75, 3.05) is 0 Å². The lowest BCUT2D eigenvalue weighted by molar-refractivity contribution is 0.576. The second kappa shape index (κ2) is 3.05. The number of nitrogens with one attached hydrogen (secondary N) is 1. The van der Waals surface area contributed by atoms with Gasteiger partial charge in [0.1, 0.15) is 5.82 Å². The number of hydrogen-bond donors (Lipinski definition) is 1. The van der Waals surface area contributed by atoms with E-state index in [9.17, 15) is 4.39 Å². The monoisotopic (exact) mass is 206 g/mol. The summed E-state index contributed by atoms with van der Waals surface area (Å²) in [6.07, 6.45) is 0. The maximum absolute atomic E-state index is 13.8. The van der Waals surface area contributed by atoms with Crippen LogP contribution in [0.5, 0.6) is 0 Å². The van der Waals surface area contributed by atoms with Crippen molar-refractivity contribution in [1.29, 1.82) is 0 Å². The predicted molar refractivity (Wildman–Crippen MR) is 59.5 cm³/mol. The molecule has 0 atom stereocenters. The van der Waals surface area contributed by atoms with Crippen molar-refractivity contribution in [3.63, 3.8) is 0 Å². The molecule has 3 heteroatoms. The fraction of sp³-hybridized carbons (Fsp3) is 0.417. The van der Waals surface area contributed by atoms with Gasteiger partial charge in [0, 0.05) is 5.69 Å². The lowest BCUT2D eigenvalue weighted by Crippen LogP contribution is -2.11. The van der Waals surface area contributed by atoms with Gasteiger partial charge >= 0.3 is 0 Å². The summed E-state index contributed by atoms with van der Waals surface area (Å²) >= 11 is 0. The zero-order valence-electron chi connectivity index (χ0n) is 9.48. The fourth-order valence-electron chi connectivity index (χ4n) is 1.68. The normalized spacial score (nSPS) is 12.3. The third kappa shape index (κ3) is 1.62. The van der Waals surface area contributed by atoms with Gasteiger partial charge in [-0.25, -0.2) is 4.39 Å². The summed E-state index contributed by atoms with van der Waals surface area (Å²) in [4.78, 5) is 0. The smallest absolute Gasteiger partial charge is 0.134 e. The first-order chi connectivity index (χ1) is 6.89. The Morgan fingerprint density at radius 1 is 1.27 bits per heavy atom. The molecule has 1 aromatic heterocycles. The first kappa shape index (κ1) is 10.1. The molecule has 0 spiro atoms. The molecule has 2 aromatic rings. The van der Waals surface area contributed by atoms with Crippen LogP contribution in [0.3, 0.4) is 0 Å². The molecule has 15 heavy (non-hydrogen) atoms. The van der Waals surface area contributed by atoms with Crippen LogP contribution in [-0.4, -0.2) is 10.2 Å². The molecule has 0 fully saturated rings. The van der Waals surface area contributed by atoms with Crippen molar-refractivity contribution in [2.45, 2.75) is 33.1 Å². The molecule has 0 saturated carbocycles. The number of aromatic nitrogens is 2. The Morgan fingerprint density at radius 3 is 2.53 bits per heavy atom. The number of hydrogen-bond acceptors (Lipinski definition) is 1. The Morgan fingerprint density at radius 2 is 1.93 bits per heavy atom. The van der Waals surface area contributed by atoms with E-state index >= 15 is 0 Å². The van der Waals surface area contributed by atoms with Crippen LogP contribution in [0.4, 0.5) is 4.39 Å². The van der Waals surface area contributed by atoms with E-state index in [2.05, 4.69) is 31.0 Å². The van der Waals surface area contributed by atoms with Crippen molar-refractivity contribution in [3.05, 3.63) is 29.2 Å². The van der Waals surface area contributed by atoms with E-state index < -0.39 is 0 Å². The third-order valence-corrected chi connectivity index (χ3v) is 2.65. The molecule has 0 amide bonds.